The highest BCUT2D eigenvalue weighted by atomic mass is 15.3. The normalized spacial score (nSPS) is 11.9. The predicted octanol–water partition coefficient (Wildman–Crippen LogP) is 0.817. The molecule has 0 amide bonds. The van der Waals surface area contributed by atoms with Gasteiger partial charge in [-0.15, -0.1) is 0 Å². The van der Waals surface area contributed by atoms with Crippen LogP contribution in [0.15, 0.2) is 17.3 Å². The maximum atomic E-state index is 4.23. The molecule has 0 aliphatic carbocycles. The Morgan fingerprint density at radius 2 is 2.10 bits per heavy atom. The van der Waals surface area contributed by atoms with Gasteiger partial charge in [0.25, 0.3) is 0 Å². The molecule has 0 saturated carbocycles. The van der Waals surface area contributed by atoms with E-state index in [1.54, 1.807) is 13.2 Å². The van der Waals surface area contributed by atoms with Crippen molar-refractivity contribution < 1.29 is 0 Å². The molecule has 0 aliphatic rings. The molecule has 0 spiro atoms. The van der Waals surface area contributed by atoms with E-state index in [1.807, 2.05) is 17.8 Å². The summed E-state index contributed by atoms with van der Waals surface area (Å²) in [4.78, 5) is 6.65. The number of nitrogens with one attached hydrogen (secondary N) is 2. The Bertz CT molecular complexity index is 394. The molecule has 1 aromatic heterocycles. The Labute approximate surface area is 122 Å². The molecule has 0 bridgehead atoms. The first kappa shape index (κ1) is 16.5. The second kappa shape index (κ2) is 9.36. The number of aromatic nitrogens is 2. The molecule has 0 aliphatic heterocycles. The largest absolute Gasteiger partial charge is 0.356 e. The molecule has 1 heterocycles. The first-order chi connectivity index (χ1) is 9.71. The SMILES string of the molecule is CCN(CC)CCCNC(=NC)NCc1ccnn1C. The molecule has 1 aromatic rings. The van der Waals surface area contributed by atoms with Gasteiger partial charge in [-0.25, -0.2) is 0 Å². The van der Waals surface area contributed by atoms with E-state index >= 15 is 0 Å². The van der Waals surface area contributed by atoms with Gasteiger partial charge in [-0.05, 0) is 32.1 Å². The second-order valence-electron chi connectivity index (χ2n) is 4.68. The van der Waals surface area contributed by atoms with Gasteiger partial charge in [-0.1, -0.05) is 13.8 Å². The summed E-state index contributed by atoms with van der Waals surface area (Å²) < 4.78 is 1.86. The minimum atomic E-state index is 0.728. The molecule has 0 atom stereocenters. The predicted molar refractivity (Wildman–Crippen MR) is 83.8 cm³/mol. The first-order valence-corrected chi connectivity index (χ1v) is 7.35. The van der Waals surface area contributed by atoms with Gasteiger partial charge in [-0.3, -0.25) is 9.67 Å². The Kier molecular flexibility index (Phi) is 7.72. The van der Waals surface area contributed by atoms with E-state index < -0.39 is 0 Å². The van der Waals surface area contributed by atoms with Crippen LogP contribution in [0.3, 0.4) is 0 Å². The van der Waals surface area contributed by atoms with Crippen LogP contribution in [0.1, 0.15) is 26.0 Å². The lowest BCUT2D eigenvalue weighted by Gasteiger charge is -2.18. The molecule has 6 heteroatoms. The topological polar surface area (TPSA) is 57.5 Å². The lowest BCUT2D eigenvalue weighted by atomic mass is 10.3. The fraction of sp³-hybridized carbons (Fsp3) is 0.714. The number of aliphatic imine (C=N–C) groups is 1. The van der Waals surface area contributed by atoms with Crippen LogP contribution in [-0.2, 0) is 13.6 Å². The summed E-state index contributed by atoms with van der Waals surface area (Å²) in [6.45, 7) is 9.41. The number of aryl methyl sites for hydroxylation is 1. The summed E-state index contributed by atoms with van der Waals surface area (Å²) in [6, 6.07) is 2.00. The van der Waals surface area contributed by atoms with E-state index in [1.165, 1.54) is 0 Å². The number of nitrogens with zero attached hydrogens (tertiary/aromatic N) is 4. The zero-order valence-electron chi connectivity index (χ0n) is 13.2. The lowest BCUT2D eigenvalue weighted by Crippen LogP contribution is -2.38. The summed E-state index contributed by atoms with van der Waals surface area (Å²) in [5.41, 5.74) is 1.14. The van der Waals surface area contributed by atoms with Gasteiger partial charge in [0.1, 0.15) is 0 Å². The van der Waals surface area contributed by atoms with Gasteiger partial charge < -0.3 is 15.5 Å². The van der Waals surface area contributed by atoms with E-state index in [4.69, 9.17) is 0 Å². The van der Waals surface area contributed by atoms with Gasteiger partial charge in [0.2, 0.25) is 0 Å². The first-order valence-electron chi connectivity index (χ1n) is 7.35. The van der Waals surface area contributed by atoms with Crippen LogP contribution in [-0.4, -0.2) is 53.9 Å². The summed E-state index contributed by atoms with van der Waals surface area (Å²) in [6.07, 6.45) is 2.92. The lowest BCUT2D eigenvalue weighted by molar-refractivity contribution is 0.300. The van der Waals surface area contributed by atoms with Crippen molar-refractivity contribution in [2.45, 2.75) is 26.8 Å². The molecule has 0 saturated heterocycles. The summed E-state index contributed by atoms with van der Waals surface area (Å²) >= 11 is 0. The van der Waals surface area contributed by atoms with Crippen molar-refractivity contribution in [2.75, 3.05) is 33.2 Å². The van der Waals surface area contributed by atoms with Crippen LogP contribution >= 0.6 is 0 Å². The van der Waals surface area contributed by atoms with Crippen molar-refractivity contribution in [1.82, 2.24) is 25.3 Å². The van der Waals surface area contributed by atoms with Crippen molar-refractivity contribution in [2.24, 2.45) is 12.0 Å². The minimum absolute atomic E-state index is 0.728. The zero-order chi connectivity index (χ0) is 14.8. The third kappa shape index (κ3) is 5.61. The highest BCUT2D eigenvalue weighted by Crippen LogP contribution is 1.94. The van der Waals surface area contributed by atoms with E-state index in [0.29, 0.717) is 0 Å². The average Bonchev–Trinajstić information content (AvgIpc) is 2.87. The van der Waals surface area contributed by atoms with E-state index in [-0.39, 0.29) is 0 Å². The third-order valence-electron chi connectivity index (χ3n) is 3.42. The molecule has 0 fully saturated rings. The summed E-state index contributed by atoms with van der Waals surface area (Å²) in [5.74, 6) is 0.839. The molecule has 0 radical (unpaired) electrons. The fourth-order valence-electron chi connectivity index (χ4n) is 2.02. The molecule has 6 nitrogen and oxygen atoms in total. The van der Waals surface area contributed by atoms with Crippen LogP contribution in [0.5, 0.6) is 0 Å². The molecular weight excluding hydrogens is 252 g/mol. The van der Waals surface area contributed by atoms with Gasteiger partial charge >= 0.3 is 0 Å². The standard InChI is InChI=1S/C14H28N6/c1-5-20(6-2)11-7-9-16-14(15-3)17-12-13-8-10-18-19(13)4/h8,10H,5-7,9,11-12H2,1-4H3,(H2,15,16,17). The zero-order valence-corrected chi connectivity index (χ0v) is 13.2. The monoisotopic (exact) mass is 280 g/mol. The number of rotatable bonds is 8. The van der Waals surface area contributed by atoms with Crippen LogP contribution in [0, 0.1) is 0 Å². The smallest absolute Gasteiger partial charge is 0.191 e. The van der Waals surface area contributed by atoms with Crippen LogP contribution < -0.4 is 10.6 Å². The number of hydrogen-bond acceptors (Lipinski definition) is 3. The maximum absolute atomic E-state index is 4.23. The van der Waals surface area contributed by atoms with Gasteiger partial charge in [-0.2, -0.15) is 5.10 Å². The highest BCUT2D eigenvalue weighted by molar-refractivity contribution is 5.79. The van der Waals surface area contributed by atoms with Crippen LogP contribution in [0.4, 0.5) is 0 Å². The third-order valence-corrected chi connectivity index (χ3v) is 3.42. The quantitative estimate of drug-likeness (QED) is 0.420. The summed E-state index contributed by atoms with van der Waals surface area (Å²) in [7, 11) is 3.74. The Balaban J connectivity index is 2.22. The molecule has 0 aromatic carbocycles. The van der Waals surface area contributed by atoms with Crippen molar-refractivity contribution in [3.63, 3.8) is 0 Å². The number of hydrogen-bond donors (Lipinski definition) is 2. The van der Waals surface area contributed by atoms with Crippen LogP contribution in [0.2, 0.25) is 0 Å². The Morgan fingerprint density at radius 3 is 2.65 bits per heavy atom. The molecule has 20 heavy (non-hydrogen) atoms. The molecular formula is C14H28N6. The fourth-order valence-corrected chi connectivity index (χ4v) is 2.02. The summed E-state index contributed by atoms with van der Waals surface area (Å²) in [5, 5.41) is 10.8. The minimum Gasteiger partial charge on any atom is -0.356 e. The van der Waals surface area contributed by atoms with Gasteiger partial charge in [0.05, 0.1) is 12.2 Å². The highest BCUT2D eigenvalue weighted by Gasteiger charge is 2.02. The van der Waals surface area contributed by atoms with E-state index in [9.17, 15) is 0 Å². The van der Waals surface area contributed by atoms with Crippen molar-refractivity contribution in [3.8, 4) is 0 Å². The van der Waals surface area contributed by atoms with Crippen molar-refractivity contribution in [1.29, 1.82) is 0 Å². The Hall–Kier alpha value is -1.56. The molecule has 1 rings (SSSR count). The molecule has 0 unspecified atom stereocenters. The van der Waals surface area contributed by atoms with Gasteiger partial charge in [0.15, 0.2) is 5.96 Å². The van der Waals surface area contributed by atoms with Crippen molar-refractivity contribution >= 4 is 5.96 Å². The van der Waals surface area contributed by atoms with Gasteiger partial charge in [0, 0.05) is 26.8 Å². The number of guanidine groups is 1. The van der Waals surface area contributed by atoms with Crippen molar-refractivity contribution in [3.05, 3.63) is 18.0 Å². The van der Waals surface area contributed by atoms with E-state index in [2.05, 4.69) is 39.5 Å². The van der Waals surface area contributed by atoms with E-state index in [0.717, 1.165) is 50.8 Å². The maximum Gasteiger partial charge on any atom is 0.191 e. The molecule has 2 N–H and O–H groups in total. The Morgan fingerprint density at radius 1 is 1.35 bits per heavy atom. The molecule has 114 valence electrons. The second-order valence-corrected chi connectivity index (χ2v) is 4.68. The van der Waals surface area contributed by atoms with Crippen LogP contribution in [0.25, 0.3) is 0 Å². The average molecular weight is 280 g/mol.